The highest BCUT2D eigenvalue weighted by Gasteiger charge is 2.02. The van der Waals surface area contributed by atoms with Crippen LogP contribution in [-0.2, 0) is 9.53 Å². The average molecular weight is 609 g/mol. The summed E-state index contributed by atoms with van der Waals surface area (Å²) in [6, 6.07) is 0. The van der Waals surface area contributed by atoms with Gasteiger partial charge in [0.15, 0.2) is 0 Å². The number of carbonyl (C=O) groups excluding carboxylic acids is 1. The first-order chi connectivity index (χ1) is 21.2. The molecule has 0 rings (SSSR count). The SMILES string of the molecule is CCCCCCCCCCCCCCCCCCCCC.CCCCCCCCCCOC(=O)CCCCCCCCC. The number of hydrogen-bond acceptors (Lipinski definition) is 2. The number of carbonyl (C=O) groups is 1. The molecule has 2 heteroatoms. The van der Waals surface area contributed by atoms with Crippen molar-refractivity contribution in [2.24, 2.45) is 0 Å². The molecule has 0 amide bonds. The first-order valence-corrected chi connectivity index (χ1v) is 20.4. The van der Waals surface area contributed by atoms with Crippen molar-refractivity contribution in [2.45, 2.75) is 252 Å². The van der Waals surface area contributed by atoms with Crippen molar-refractivity contribution in [1.29, 1.82) is 0 Å². The van der Waals surface area contributed by atoms with E-state index in [4.69, 9.17) is 4.74 Å². The Morgan fingerprint density at radius 2 is 0.512 bits per heavy atom. The van der Waals surface area contributed by atoms with Crippen molar-refractivity contribution in [3.05, 3.63) is 0 Å². The Morgan fingerprint density at radius 1 is 0.302 bits per heavy atom. The smallest absolute Gasteiger partial charge is 0.305 e. The molecule has 260 valence electrons. The van der Waals surface area contributed by atoms with Crippen LogP contribution in [0.5, 0.6) is 0 Å². The average Bonchev–Trinajstić information content (AvgIpc) is 3.01. The topological polar surface area (TPSA) is 26.3 Å². The van der Waals surface area contributed by atoms with Gasteiger partial charge in [-0.05, 0) is 12.8 Å². The Morgan fingerprint density at radius 3 is 0.767 bits per heavy atom. The third kappa shape index (κ3) is 46.0. The van der Waals surface area contributed by atoms with Crippen LogP contribution in [0, 0.1) is 0 Å². The number of hydrogen-bond donors (Lipinski definition) is 0. The third-order valence-corrected chi connectivity index (χ3v) is 8.95. The van der Waals surface area contributed by atoms with Crippen molar-refractivity contribution in [3.8, 4) is 0 Å². The molecule has 0 unspecified atom stereocenters. The molecule has 0 radical (unpaired) electrons. The zero-order chi connectivity index (χ0) is 31.7. The lowest BCUT2D eigenvalue weighted by molar-refractivity contribution is -0.143. The molecule has 0 aromatic heterocycles. The molecule has 0 atom stereocenters. The van der Waals surface area contributed by atoms with Gasteiger partial charge < -0.3 is 4.74 Å². The summed E-state index contributed by atoms with van der Waals surface area (Å²) in [5.41, 5.74) is 0. The van der Waals surface area contributed by atoms with Crippen LogP contribution in [0.3, 0.4) is 0 Å². The number of esters is 1. The van der Waals surface area contributed by atoms with Gasteiger partial charge in [-0.15, -0.1) is 0 Å². The molecule has 0 aliphatic rings. The zero-order valence-corrected chi connectivity index (χ0v) is 30.8. The second-order valence-electron chi connectivity index (χ2n) is 13.6. The molecule has 0 N–H and O–H groups in total. The van der Waals surface area contributed by atoms with Crippen molar-refractivity contribution in [3.63, 3.8) is 0 Å². The van der Waals surface area contributed by atoms with Gasteiger partial charge in [0.1, 0.15) is 0 Å². The maximum atomic E-state index is 11.6. The minimum absolute atomic E-state index is 0.0107. The van der Waals surface area contributed by atoms with E-state index in [1.807, 2.05) is 0 Å². The van der Waals surface area contributed by atoms with E-state index in [1.165, 1.54) is 205 Å². The summed E-state index contributed by atoms with van der Waals surface area (Å²) < 4.78 is 5.29. The van der Waals surface area contributed by atoms with Crippen LogP contribution in [0.15, 0.2) is 0 Å². The lowest BCUT2D eigenvalue weighted by Gasteiger charge is -2.05. The first kappa shape index (κ1) is 44.6. The van der Waals surface area contributed by atoms with Gasteiger partial charge in [-0.1, -0.05) is 233 Å². The van der Waals surface area contributed by atoms with E-state index in [-0.39, 0.29) is 5.97 Å². The van der Waals surface area contributed by atoms with Gasteiger partial charge in [-0.25, -0.2) is 0 Å². The monoisotopic (exact) mass is 609 g/mol. The van der Waals surface area contributed by atoms with Crippen LogP contribution >= 0.6 is 0 Å². The quantitative estimate of drug-likeness (QED) is 0.0528. The van der Waals surface area contributed by atoms with Gasteiger partial charge in [0.25, 0.3) is 0 Å². The largest absolute Gasteiger partial charge is 0.466 e. The summed E-state index contributed by atoms with van der Waals surface area (Å²) in [5.74, 6) is 0.0107. The maximum Gasteiger partial charge on any atom is 0.305 e. The van der Waals surface area contributed by atoms with Gasteiger partial charge in [0.2, 0.25) is 0 Å². The van der Waals surface area contributed by atoms with Crippen LogP contribution < -0.4 is 0 Å². The maximum absolute atomic E-state index is 11.6. The Labute approximate surface area is 274 Å². The third-order valence-electron chi connectivity index (χ3n) is 8.95. The summed E-state index contributed by atoms with van der Waals surface area (Å²) in [6.45, 7) is 9.71. The van der Waals surface area contributed by atoms with Crippen LogP contribution in [-0.4, -0.2) is 12.6 Å². The Bertz CT molecular complexity index is 456. The molecule has 0 spiro atoms. The molecular weight excluding hydrogens is 524 g/mol. The minimum atomic E-state index is 0.0107. The first-order valence-electron chi connectivity index (χ1n) is 20.4. The van der Waals surface area contributed by atoms with Gasteiger partial charge in [-0.3, -0.25) is 4.79 Å². The summed E-state index contributed by atoms with van der Waals surface area (Å²) in [5, 5.41) is 0. The van der Waals surface area contributed by atoms with Crippen molar-refractivity contribution < 1.29 is 9.53 Å². The summed E-state index contributed by atoms with van der Waals surface area (Å²) in [7, 11) is 0. The lowest BCUT2D eigenvalue weighted by Crippen LogP contribution is -2.05. The van der Waals surface area contributed by atoms with Gasteiger partial charge in [0, 0.05) is 6.42 Å². The van der Waals surface area contributed by atoms with E-state index in [0.717, 1.165) is 12.8 Å². The van der Waals surface area contributed by atoms with Gasteiger partial charge in [0.05, 0.1) is 6.61 Å². The second kappa shape index (κ2) is 43.6. The van der Waals surface area contributed by atoms with Crippen molar-refractivity contribution in [2.75, 3.05) is 6.61 Å². The second-order valence-corrected chi connectivity index (χ2v) is 13.6. The Hall–Kier alpha value is -0.530. The molecule has 0 fully saturated rings. The molecule has 0 aliphatic carbocycles. The minimum Gasteiger partial charge on any atom is -0.466 e. The van der Waals surface area contributed by atoms with E-state index < -0.39 is 0 Å². The molecule has 0 aromatic rings. The number of rotatable bonds is 35. The Kier molecular flexibility index (Phi) is 45.2. The van der Waals surface area contributed by atoms with E-state index in [0.29, 0.717) is 13.0 Å². The predicted molar refractivity (Wildman–Crippen MR) is 195 cm³/mol. The standard InChI is InChI=1S/C21H44.C20H40O2/c1-3-5-7-9-11-13-15-17-19-21-20-18-16-14-12-10-8-6-4-2;1-3-5-7-9-11-13-15-17-19-22-20(21)18-16-14-12-10-8-6-4-2/h3-21H2,1-2H3;3-19H2,1-2H3. The molecule has 43 heavy (non-hydrogen) atoms. The Balaban J connectivity index is 0. The van der Waals surface area contributed by atoms with E-state index in [1.54, 1.807) is 0 Å². The molecule has 0 heterocycles. The van der Waals surface area contributed by atoms with Crippen LogP contribution in [0.2, 0.25) is 0 Å². The molecule has 0 aliphatic heterocycles. The highest BCUT2D eigenvalue weighted by atomic mass is 16.5. The normalized spacial score (nSPS) is 11.0. The van der Waals surface area contributed by atoms with E-state index in [9.17, 15) is 4.79 Å². The van der Waals surface area contributed by atoms with Crippen molar-refractivity contribution >= 4 is 5.97 Å². The highest BCUT2D eigenvalue weighted by molar-refractivity contribution is 5.69. The molecule has 0 aromatic carbocycles. The van der Waals surface area contributed by atoms with E-state index in [2.05, 4.69) is 27.7 Å². The van der Waals surface area contributed by atoms with Crippen LogP contribution in [0.1, 0.15) is 252 Å². The molecule has 0 bridgehead atoms. The lowest BCUT2D eigenvalue weighted by atomic mass is 10.0. The molecule has 2 nitrogen and oxygen atoms in total. The van der Waals surface area contributed by atoms with E-state index >= 15 is 0 Å². The fourth-order valence-corrected chi connectivity index (χ4v) is 5.87. The van der Waals surface area contributed by atoms with Crippen LogP contribution in [0.25, 0.3) is 0 Å². The fourth-order valence-electron chi connectivity index (χ4n) is 5.87. The van der Waals surface area contributed by atoms with Gasteiger partial charge >= 0.3 is 5.97 Å². The fraction of sp³-hybridized carbons (Fsp3) is 0.976. The molecular formula is C41H84O2. The summed E-state index contributed by atoms with van der Waals surface area (Å²) in [4.78, 5) is 11.6. The summed E-state index contributed by atoms with van der Waals surface area (Å²) >= 11 is 0. The number of unbranched alkanes of at least 4 members (excludes halogenated alkanes) is 31. The van der Waals surface area contributed by atoms with Crippen molar-refractivity contribution in [1.82, 2.24) is 0 Å². The zero-order valence-electron chi connectivity index (χ0n) is 30.8. The molecule has 0 saturated heterocycles. The van der Waals surface area contributed by atoms with Gasteiger partial charge in [-0.2, -0.15) is 0 Å². The predicted octanol–water partition coefficient (Wildman–Crippen LogP) is 15.2. The molecule has 0 saturated carbocycles. The number of ether oxygens (including phenoxy) is 1. The van der Waals surface area contributed by atoms with Crippen LogP contribution in [0.4, 0.5) is 0 Å². The summed E-state index contributed by atoms with van der Waals surface area (Å²) in [6.07, 6.45) is 47.6. The highest BCUT2D eigenvalue weighted by Crippen LogP contribution is 2.15.